The average Bonchev–Trinajstić information content (AvgIpc) is 2.84. The molecule has 0 amide bonds. The molecule has 0 spiro atoms. The van der Waals surface area contributed by atoms with E-state index in [9.17, 15) is 8.42 Å². The Morgan fingerprint density at radius 1 is 1.45 bits per heavy atom. The quantitative estimate of drug-likeness (QED) is 0.891. The molecule has 1 aliphatic rings. The van der Waals surface area contributed by atoms with Crippen molar-refractivity contribution in [2.24, 2.45) is 0 Å². The molecule has 2 rings (SSSR count). The lowest BCUT2D eigenvalue weighted by Gasteiger charge is -2.33. The van der Waals surface area contributed by atoms with Gasteiger partial charge in [-0.3, -0.25) is 0 Å². The number of nitrogens with zero attached hydrogens (tertiary/aromatic N) is 2. The van der Waals surface area contributed by atoms with Crippen molar-refractivity contribution < 1.29 is 8.42 Å². The first-order valence-corrected chi connectivity index (χ1v) is 8.96. The Hall–Kier alpha value is -0.210. The van der Waals surface area contributed by atoms with Crippen molar-refractivity contribution in [1.29, 1.82) is 0 Å². The van der Waals surface area contributed by atoms with E-state index in [-0.39, 0.29) is 18.4 Å². The fourth-order valence-electron chi connectivity index (χ4n) is 2.39. The van der Waals surface area contributed by atoms with Gasteiger partial charge in [0, 0.05) is 12.6 Å². The van der Waals surface area contributed by atoms with Gasteiger partial charge in [-0.05, 0) is 39.3 Å². The fraction of sp³-hybridized carbons (Fsp3) is 0.750. The zero-order valence-electron chi connectivity index (χ0n) is 11.8. The molecule has 1 aromatic heterocycles. The molecule has 0 atom stereocenters. The summed E-state index contributed by atoms with van der Waals surface area (Å²) >= 11 is 1.26. The number of piperidine rings is 1. The van der Waals surface area contributed by atoms with Gasteiger partial charge in [-0.1, -0.05) is 6.92 Å². The van der Waals surface area contributed by atoms with Gasteiger partial charge in [0.25, 0.3) is 10.0 Å². The molecule has 0 radical (unpaired) electrons. The summed E-state index contributed by atoms with van der Waals surface area (Å²) in [6.07, 6.45) is 4.09. The van der Waals surface area contributed by atoms with Crippen molar-refractivity contribution in [3.8, 4) is 0 Å². The van der Waals surface area contributed by atoms with Crippen LogP contribution in [0.3, 0.4) is 0 Å². The number of aromatic nitrogens is 1. The van der Waals surface area contributed by atoms with Gasteiger partial charge in [-0.25, -0.2) is 13.4 Å². The van der Waals surface area contributed by atoms with Crippen molar-refractivity contribution in [3.05, 3.63) is 11.2 Å². The number of aryl methyl sites for hydroxylation is 1. The first-order chi connectivity index (χ1) is 9.05. The number of hydrogen-bond acceptors (Lipinski definition) is 5. The molecule has 116 valence electrons. The van der Waals surface area contributed by atoms with E-state index in [0.717, 1.165) is 37.4 Å². The smallest absolute Gasteiger partial charge is 0.254 e. The zero-order valence-corrected chi connectivity index (χ0v) is 14.3. The van der Waals surface area contributed by atoms with Crippen LogP contribution in [-0.4, -0.2) is 43.4 Å². The second-order valence-corrected chi connectivity index (χ2v) is 8.15. The number of hydrogen-bond donors (Lipinski definition) is 1. The van der Waals surface area contributed by atoms with E-state index in [1.807, 2.05) is 13.8 Å². The van der Waals surface area contributed by atoms with E-state index >= 15 is 0 Å². The molecule has 0 unspecified atom stereocenters. The first-order valence-electron chi connectivity index (χ1n) is 6.70. The predicted octanol–water partition coefficient (Wildman–Crippen LogP) is 2.03. The Morgan fingerprint density at radius 2 is 2.10 bits per heavy atom. The lowest BCUT2D eigenvalue weighted by Crippen LogP contribution is -2.46. The van der Waals surface area contributed by atoms with Gasteiger partial charge < -0.3 is 5.32 Å². The van der Waals surface area contributed by atoms with Crippen molar-refractivity contribution in [2.75, 3.05) is 19.6 Å². The largest absolute Gasteiger partial charge is 0.317 e. The highest BCUT2D eigenvalue weighted by Crippen LogP contribution is 2.26. The van der Waals surface area contributed by atoms with Crippen molar-refractivity contribution >= 4 is 33.8 Å². The standard InChI is InChI=1S/C12H21N3O2S2.ClH/c1-3-8-15(11-4-6-13-7-5-11)19(16,17)12-9-14-10(2)18-12;/h9,11,13H,3-8H2,1-2H3;1H. The van der Waals surface area contributed by atoms with Crippen LogP contribution >= 0.6 is 23.7 Å². The predicted molar refractivity (Wildman–Crippen MR) is 84.2 cm³/mol. The molecular formula is C12H22ClN3O2S2. The van der Waals surface area contributed by atoms with Crippen LogP contribution in [0.1, 0.15) is 31.2 Å². The van der Waals surface area contributed by atoms with Crippen molar-refractivity contribution in [1.82, 2.24) is 14.6 Å². The number of thiazole rings is 1. The molecule has 8 heteroatoms. The Balaban J connectivity index is 0.00000200. The number of halogens is 1. The van der Waals surface area contributed by atoms with Crippen molar-refractivity contribution in [3.63, 3.8) is 0 Å². The van der Waals surface area contributed by atoms with E-state index in [0.29, 0.717) is 10.8 Å². The molecule has 1 fully saturated rings. The minimum atomic E-state index is -3.38. The number of sulfonamides is 1. The molecular weight excluding hydrogens is 318 g/mol. The Morgan fingerprint density at radius 3 is 2.60 bits per heavy atom. The molecule has 1 aromatic rings. The highest BCUT2D eigenvalue weighted by molar-refractivity contribution is 7.91. The Bertz CT molecular complexity index is 513. The second-order valence-electron chi connectivity index (χ2n) is 4.80. The summed E-state index contributed by atoms with van der Waals surface area (Å²) in [5, 5.41) is 4.07. The highest BCUT2D eigenvalue weighted by atomic mass is 35.5. The van der Waals surface area contributed by atoms with Crippen LogP contribution in [0, 0.1) is 6.92 Å². The van der Waals surface area contributed by atoms with Gasteiger partial charge in [0.2, 0.25) is 0 Å². The van der Waals surface area contributed by atoms with Gasteiger partial charge in [-0.15, -0.1) is 23.7 Å². The summed E-state index contributed by atoms with van der Waals surface area (Å²) in [5.74, 6) is 0. The molecule has 0 aromatic carbocycles. The van der Waals surface area contributed by atoms with Gasteiger partial charge in [0.1, 0.15) is 0 Å². The van der Waals surface area contributed by atoms with Crippen LogP contribution in [0.5, 0.6) is 0 Å². The van der Waals surface area contributed by atoms with Crippen LogP contribution in [0.2, 0.25) is 0 Å². The second kappa shape index (κ2) is 7.70. The fourth-order valence-corrected chi connectivity index (χ4v) is 5.41. The molecule has 20 heavy (non-hydrogen) atoms. The molecule has 5 nitrogen and oxygen atoms in total. The Kier molecular flexibility index (Phi) is 6.87. The van der Waals surface area contributed by atoms with Crippen LogP contribution in [0.25, 0.3) is 0 Å². The van der Waals surface area contributed by atoms with E-state index in [1.165, 1.54) is 17.5 Å². The molecule has 0 bridgehead atoms. The van der Waals surface area contributed by atoms with Crippen LogP contribution in [-0.2, 0) is 10.0 Å². The SMILES string of the molecule is CCCN(C1CCNCC1)S(=O)(=O)c1cnc(C)s1.Cl. The maximum Gasteiger partial charge on any atom is 0.254 e. The normalized spacial score (nSPS) is 17.1. The molecule has 2 heterocycles. The summed E-state index contributed by atoms with van der Waals surface area (Å²) in [7, 11) is -3.38. The number of nitrogens with one attached hydrogen (secondary N) is 1. The third-order valence-electron chi connectivity index (χ3n) is 3.32. The van der Waals surface area contributed by atoms with Gasteiger partial charge in [0.15, 0.2) is 4.21 Å². The van der Waals surface area contributed by atoms with Gasteiger partial charge >= 0.3 is 0 Å². The molecule has 1 N–H and O–H groups in total. The summed E-state index contributed by atoms with van der Waals surface area (Å²) in [6, 6.07) is 0.119. The lowest BCUT2D eigenvalue weighted by molar-refractivity contribution is 0.262. The third kappa shape index (κ3) is 3.92. The third-order valence-corrected chi connectivity index (χ3v) is 6.62. The van der Waals surface area contributed by atoms with Crippen LogP contribution < -0.4 is 5.32 Å². The van der Waals surface area contributed by atoms with Crippen LogP contribution in [0.15, 0.2) is 10.4 Å². The van der Waals surface area contributed by atoms with E-state index in [1.54, 1.807) is 4.31 Å². The maximum absolute atomic E-state index is 12.7. The van der Waals surface area contributed by atoms with E-state index in [4.69, 9.17) is 0 Å². The number of rotatable bonds is 5. The highest BCUT2D eigenvalue weighted by Gasteiger charge is 2.32. The molecule has 0 saturated carbocycles. The monoisotopic (exact) mass is 339 g/mol. The van der Waals surface area contributed by atoms with Gasteiger partial charge in [-0.2, -0.15) is 4.31 Å². The minimum absolute atomic E-state index is 0. The topological polar surface area (TPSA) is 62.3 Å². The molecule has 1 aliphatic heterocycles. The summed E-state index contributed by atoms with van der Waals surface area (Å²) in [6.45, 7) is 6.22. The summed E-state index contributed by atoms with van der Waals surface area (Å²) < 4.78 is 27.5. The zero-order chi connectivity index (χ0) is 13.9. The Labute approximate surface area is 131 Å². The lowest BCUT2D eigenvalue weighted by atomic mass is 10.1. The van der Waals surface area contributed by atoms with E-state index in [2.05, 4.69) is 10.3 Å². The molecule has 0 aliphatic carbocycles. The van der Waals surface area contributed by atoms with Crippen LogP contribution in [0.4, 0.5) is 0 Å². The average molecular weight is 340 g/mol. The van der Waals surface area contributed by atoms with E-state index < -0.39 is 10.0 Å². The summed E-state index contributed by atoms with van der Waals surface area (Å²) in [5.41, 5.74) is 0. The van der Waals surface area contributed by atoms with Gasteiger partial charge in [0.05, 0.1) is 11.2 Å². The summed E-state index contributed by atoms with van der Waals surface area (Å²) in [4.78, 5) is 4.07. The first kappa shape index (κ1) is 17.8. The molecule has 1 saturated heterocycles. The minimum Gasteiger partial charge on any atom is -0.317 e. The van der Waals surface area contributed by atoms with Crippen molar-refractivity contribution in [2.45, 2.75) is 43.4 Å². The maximum atomic E-state index is 12.7.